The van der Waals surface area contributed by atoms with Gasteiger partial charge in [0.2, 0.25) is 5.90 Å². The summed E-state index contributed by atoms with van der Waals surface area (Å²) in [7, 11) is 0. The minimum atomic E-state index is -1.66. The van der Waals surface area contributed by atoms with Gasteiger partial charge in [-0.3, -0.25) is 26.5 Å². The summed E-state index contributed by atoms with van der Waals surface area (Å²) in [5.41, 5.74) is 12.9. The van der Waals surface area contributed by atoms with Crippen LogP contribution in [0.3, 0.4) is 0 Å². The van der Waals surface area contributed by atoms with Crippen LogP contribution in [0.4, 0.5) is 5.69 Å². The summed E-state index contributed by atoms with van der Waals surface area (Å²) in [5, 5.41) is 4.80. The van der Waals surface area contributed by atoms with E-state index in [1.165, 1.54) is 0 Å². The summed E-state index contributed by atoms with van der Waals surface area (Å²) in [6.07, 6.45) is 8.69. The van der Waals surface area contributed by atoms with Crippen molar-refractivity contribution in [2.24, 2.45) is 20.0 Å². The van der Waals surface area contributed by atoms with E-state index in [9.17, 15) is 4.79 Å². The lowest BCUT2D eigenvalue weighted by atomic mass is 10.2. The van der Waals surface area contributed by atoms with E-state index in [0.29, 0.717) is 28.1 Å². The molecule has 3 aromatic rings. The third-order valence-corrected chi connectivity index (χ3v) is 6.56. The van der Waals surface area contributed by atoms with Crippen molar-refractivity contribution >= 4 is 48.9 Å². The molecule has 0 saturated heterocycles. The molecular weight excluding hydrogens is 504 g/mol. The Balaban J connectivity index is 1.10. The normalized spacial score (nSPS) is 18.6. The van der Waals surface area contributed by atoms with Crippen LogP contribution < -0.4 is 53.4 Å². The second-order valence-electron chi connectivity index (χ2n) is 9.51. The van der Waals surface area contributed by atoms with Gasteiger partial charge >= 0.3 is 11.6 Å². The number of ether oxygens (including phenoxy) is 1. The monoisotopic (exact) mass is 526 g/mol. The number of carbonyl (C=O) groups excluding carboxylic acids is 1. The smallest absolute Gasteiger partial charge is 0.310 e. The van der Waals surface area contributed by atoms with Crippen molar-refractivity contribution in [3.05, 3.63) is 121 Å². The van der Waals surface area contributed by atoms with Crippen LogP contribution in [-0.4, -0.2) is 17.5 Å². The molecule has 4 N–H and O–H groups in total. The van der Waals surface area contributed by atoms with E-state index >= 15 is 0 Å². The molecule has 4 aliphatic heterocycles. The maximum Gasteiger partial charge on any atom is 0.310 e. The molecule has 0 spiro atoms. The number of nitrogens with one attached hydrogen (secondary N) is 4. The zero-order chi connectivity index (χ0) is 27.3. The molecule has 0 bridgehead atoms. The van der Waals surface area contributed by atoms with E-state index < -0.39 is 11.6 Å². The number of nitrogens with zero attached hydrogens (tertiary/aromatic N) is 4. The molecule has 10 heteroatoms. The van der Waals surface area contributed by atoms with Gasteiger partial charge in [0, 0.05) is 34.7 Å². The fraction of sp³-hybridized carbons (Fsp3) is 0.0333. The number of benzene rings is 3. The maximum absolute atomic E-state index is 13.5. The summed E-state index contributed by atoms with van der Waals surface area (Å²) >= 11 is 0. The molecule has 40 heavy (non-hydrogen) atoms. The zero-order valence-corrected chi connectivity index (χ0v) is 21.1. The van der Waals surface area contributed by atoms with Gasteiger partial charge in [0.25, 0.3) is 0 Å². The average Bonchev–Trinajstić information content (AvgIpc) is 3.62. The Morgan fingerprint density at radius 1 is 0.800 bits per heavy atom. The standard InChI is InChI=1S/C30H22N8O2/c1-17-3-6-23-19(11-17)14-26(32-23)36-35-22-5-8-25-21(13-22)16-30(34-25,40-28-9-10-31-28)29(39)38-37-27-15-20-12-18(2)4-7-24(20)33-27/h3-16,35-37H,1-2H2,(H,38,39). The quantitative estimate of drug-likeness (QED) is 0.305. The van der Waals surface area contributed by atoms with Crippen molar-refractivity contribution < 1.29 is 9.53 Å². The first-order valence-electron chi connectivity index (χ1n) is 12.5. The number of anilines is 1. The Morgan fingerprint density at radius 2 is 1.45 bits per heavy atom. The summed E-state index contributed by atoms with van der Waals surface area (Å²) in [6.45, 7) is 7.90. The van der Waals surface area contributed by atoms with Gasteiger partial charge in [0.05, 0.1) is 21.8 Å². The van der Waals surface area contributed by atoms with Crippen LogP contribution in [0.5, 0.6) is 0 Å². The third-order valence-electron chi connectivity index (χ3n) is 6.56. The predicted octanol–water partition coefficient (Wildman–Crippen LogP) is -0.639. The summed E-state index contributed by atoms with van der Waals surface area (Å²) in [6, 6.07) is 17.1. The largest absolute Gasteiger partial charge is 0.436 e. The Kier molecular flexibility index (Phi) is 5.20. The molecule has 0 radical (unpaired) electrons. The van der Waals surface area contributed by atoms with Crippen molar-refractivity contribution in [1.29, 1.82) is 0 Å². The van der Waals surface area contributed by atoms with Crippen molar-refractivity contribution in [2.75, 3.05) is 5.43 Å². The van der Waals surface area contributed by atoms with Gasteiger partial charge in [-0.2, -0.15) is 0 Å². The van der Waals surface area contributed by atoms with E-state index in [4.69, 9.17) is 4.74 Å². The molecule has 1 amide bonds. The number of hydrogen-bond acceptors (Lipinski definition) is 9. The lowest BCUT2D eigenvalue weighted by Gasteiger charge is -2.25. The van der Waals surface area contributed by atoms with Crippen LogP contribution in [0, 0.1) is 0 Å². The van der Waals surface area contributed by atoms with Crippen LogP contribution >= 0.6 is 0 Å². The molecule has 0 aliphatic carbocycles. The van der Waals surface area contributed by atoms with Gasteiger partial charge in [-0.15, -0.1) is 0 Å². The van der Waals surface area contributed by atoms with Gasteiger partial charge in [-0.25, -0.2) is 20.0 Å². The van der Waals surface area contributed by atoms with Gasteiger partial charge in [-0.1, -0.05) is 25.3 Å². The number of aliphatic imine (C=N–C) groups is 1. The molecule has 0 fully saturated rings. The van der Waals surface area contributed by atoms with Gasteiger partial charge in [0.15, 0.2) is 0 Å². The highest BCUT2D eigenvalue weighted by Crippen LogP contribution is 2.21. The Hall–Kier alpha value is -5.77. The summed E-state index contributed by atoms with van der Waals surface area (Å²) in [4.78, 5) is 31.2. The average molecular weight is 527 g/mol. The van der Waals surface area contributed by atoms with Crippen LogP contribution in [-0.2, 0) is 9.53 Å². The van der Waals surface area contributed by atoms with Gasteiger partial charge < -0.3 is 4.74 Å². The minimum absolute atomic E-state index is 0.308. The second kappa shape index (κ2) is 8.91. The molecule has 4 aliphatic rings. The molecule has 7 rings (SSSR count). The SMILES string of the molecule is C=c1ccc2c(c1)C=C(NNC(=O)C1(OC3=NC=C3)C=c3cc(NNC4=Cc5cc(=C)ccc5=N4)ccc3=N1)N=2. The van der Waals surface area contributed by atoms with Crippen LogP contribution in [0.15, 0.2) is 98.5 Å². The molecule has 0 saturated carbocycles. The van der Waals surface area contributed by atoms with Crippen molar-refractivity contribution in [3.8, 4) is 0 Å². The molecule has 3 aromatic carbocycles. The highest BCUT2D eigenvalue weighted by atomic mass is 16.5. The molecule has 0 aromatic heterocycles. The lowest BCUT2D eigenvalue weighted by Crippen LogP contribution is -2.51. The predicted molar refractivity (Wildman–Crippen MR) is 152 cm³/mol. The molecule has 1 unspecified atom stereocenters. The number of hydrogen-bond donors (Lipinski definition) is 4. The summed E-state index contributed by atoms with van der Waals surface area (Å²) in [5.74, 6) is 0.941. The number of carbonyl (C=O) groups is 1. The maximum atomic E-state index is 13.5. The minimum Gasteiger partial charge on any atom is -0.436 e. The first-order valence-corrected chi connectivity index (χ1v) is 12.5. The third kappa shape index (κ3) is 4.23. The van der Waals surface area contributed by atoms with Gasteiger partial charge in [-0.05, 0) is 65.1 Å². The number of hydrazine groups is 2. The molecule has 1 atom stereocenters. The van der Waals surface area contributed by atoms with Crippen LogP contribution in [0.25, 0.3) is 31.4 Å². The first kappa shape index (κ1) is 23.4. The zero-order valence-electron chi connectivity index (χ0n) is 21.1. The van der Waals surface area contributed by atoms with Crippen molar-refractivity contribution in [1.82, 2.24) is 16.3 Å². The van der Waals surface area contributed by atoms with Crippen molar-refractivity contribution in [3.63, 3.8) is 0 Å². The molecule has 10 nitrogen and oxygen atoms in total. The van der Waals surface area contributed by atoms with Crippen LogP contribution in [0.2, 0.25) is 0 Å². The van der Waals surface area contributed by atoms with Gasteiger partial charge in [0.1, 0.15) is 11.6 Å². The number of fused-ring (bicyclic) bond motifs is 3. The van der Waals surface area contributed by atoms with E-state index in [1.807, 2.05) is 66.7 Å². The second-order valence-corrected chi connectivity index (χ2v) is 9.51. The van der Waals surface area contributed by atoms with E-state index in [-0.39, 0.29) is 0 Å². The van der Waals surface area contributed by atoms with E-state index in [1.54, 1.807) is 18.4 Å². The summed E-state index contributed by atoms with van der Waals surface area (Å²) < 4.78 is 5.96. The molecule has 194 valence electrons. The Bertz CT molecular complexity index is 2110. The lowest BCUT2D eigenvalue weighted by molar-refractivity contribution is -0.133. The van der Waals surface area contributed by atoms with Crippen LogP contribution in [0.1, 0.15) is 11.1 Å². The Morgan fingerprint density at radius 3 is 2.10 bits per heavy atom. The fourth-order valence-corrected chi connectivity index (χ4v) is 4.58. The van der Waals surface area contributed by atoms with E-state index in [2.05, 4.69) is 54.8 Å². The highest BCUT2D eigenvalue weighted by molar-refractivity contribution is 5.99. The number of rotatable bonds is 7. The Labute approximate surface area is 227 Å². The van der Waals surface area contributed by atoms with Crippen molar-refractivity contribution in [2.45, 2.75) is 5.72 Å². The fourth-order valence-electron chi connectivity index (χ4n) is 4.58. The molecule has 4 heterocycles. The molecular formula is C30H22N8O2. The first-order chi connectivity index (χ1) is 19.4. The van der Waals surface area contributed by atoms with E-state index in [0.717, 1.165) is 38.0 Å². The topological polar surface area (TPSA) is 124 Å². The number of amides is 1. The highest BCUT2D eigenvalue weighted by Gasteiger charge is 2.42.